The minimum atomic E-state index is -0.416. The van der Waals surface area contributed by atoms with Crippen LogP contribution in [-0.2, 0) is 0 Å². The van der Waals surface area contributed by atoms with E-state index in [1.807, 2.05) is 17.5 Å². The summed E-state index contributed by atoms with van der Waals surface area (Å²) in [6.45, 7) is 0. The van der Waals surface area contributed by atoms with Gasteiger partial charge >= 0.3 is 0 Å². The van der Waals surface area contributed by atoms with E-state index in [0.29, 0.717) is 5.56 Å². The fourth-order valence-electron chi connectivity index (χ4n) is 1.32. The number of thiophene rings is 1. The molecule has 1 amide bonds. The number of benzene rings is 1. The van der Waals surface area contributed by atoms with Crippen molar-refractivity contribution in [2.75, 3.05) is 0 Å². The quantitative estimate of drug-likeness (QED) is 0.630. The van der Waals surface area contributed by atoms with E-state index in [9.17, 15) is 4.79 Å². The normalized spacial score (nSPS) is 9.56. The predicted molar refractivity (Wildman–Crippen MR) is 71.3 cm³/mol. The van der Waals surface area contributed by atoms with Crippen LogP contribution >= 0.6 is 24.0 Å². The fourth-order valence-corrected chi connectivity index (χ4v) is 2.41. The van der Waals surface area contributed by atoms with Gasteiger partial charge in [-0.3, -0.25) is 4.79 Å². The van der Waals surface area contributed by atoms with Gasteiger partial charge in [-0.05, 0) is 29.6 Å². The van der Waals surface area contributed by atoms with Gasteiger partial charge in [0.1, 0.15) is 0 Å². The topological polar surface area (TPSA) is 43.1 Å². The standard InChI is InChI=1S/C11H9NOS2.Na/c12-11(13)7-3-4-9(14)8(6-7)10-2-1-5-15-10;/h1-6,14H,(H2,12,13);. The molecule has 0 spiro atoms. The molecule has 0 aliphatic carbocycles. The molecule has 16 heavy (non-hydrogen) atoms. The van der Waals surface area contributed by atoms with Crippen molar-refractivity contribution in [2.45, 2.75) is 4.90 Å². The smallest absolute Gasteiger partial charge is 0.248 e. The predicted octanol–water partition coefficient (Wildman–Crippen LogP) is 2.42. The number of carbonyl (C=O) groups excluding carboxylic acids is 1. The van der Waals surface area contributed by atoms with Gasteiger partial charge in [-0.2, -0.15) is 0 Å². The van der Waals surface area contributed by atoms with Crippen LogP contribution in [0.1, 0.15) is 10.4 Å². The first-order valence-electron chi connectivity index (χ1n) is 4.35. The van der Waals surface area contributed by atoms with Crippen molar-refractivity contribution in [3.63, 3.8) is 0 Å². The third kappa shape index (κ3) is 2.90. The van der Waals surface area contributed by atoms with Crippen molar-refractivity contribution >= 4 is 59.4 Å². The van der Waals surface area contributed by atoms with E-state index >= 15 is 0 Å². The average molecular weight is 258 g/mol. The fraction of sp³-hybridized carbons (Fsp3) is 0. The third-order valence-corrected chi connectivity index (χ3v) is 3.36. The molecule has 0 saturated carbocycles. The average Bonchev–Trinajstić information content (AvgIpc) is 2.71. The second-order valence-corrected chi connectivity index (χ2v) is 4.50. The number of hydrogen-bond acceptors (Lipinski definition) is 3. The summed E-state index contributed by atoms with van der Waals surface area (Å²) in [5.41, 5.74) is 6.68. The van der Waals surface area contributed by atoms with E-state index in [1.54, 1.807) is 29.5 Å². The molecule has 1 aromatic carbocycles. The molecule has 1 radical (unpaired) electrons. The number of nitrogens with two attached hydrogens (primary N) is 1. The number of rotatable bonds is 2. The van der Waals surface area contributed by atoms with Gasteiger partial charge in [0, 0.05) is 50.5 Å². The van der Waals surface area contributed by atoms with E-state index in [4.69, 9.17) is 5.73 Å². The van der Waals surface area contributed by atoms with Crippen LogP contribution in [0.3, 0.4) is 0 Å². The number of thiol groups is 1. The zero-order valence-corrected chi connectivity index (χ0v) is 12.5. The van der Waals surface area contributed by atoms with Crippen LogP contribution in [0, 0.1) is 0 Å². The van der Waals surface area contributed by atoms with Crippen LogP contribution in [-0.4, -0.2) is 35.5 Å². The van der Waals surface area contributed by atoms with Crippen molar-refractivity contribution in [2.24, 2.45) is 5.73 Å². The van der Waals surface area contributed by atoms with Crippen LogP contribution in [0.15, 0.2) is 40.6 Å². The molecular weight excluding hydrogens is 249 g/mol. The van der Waals surface area contributed by atoms with Crippen molar-refractivity contribution in [3.05, 3.63) is 41.3 Å². The molecule has 2 aromatic rings. The Balaban J connectivity index is 0.00000128. The zero-order chi connectivity index (χ0) is 10.8. The Bertz CT molecular complexity index is 497. The maximum Gasteiger partial charge on any atom is 0.248 e. The molecule has 1 aromatic heterocycles. The first-order chi connectivity index (χ1) is 7.18. The second-order valence-electron chi connectivity index (χ2n) is 3.07. The van der Waals surface area contributed by atoms with E-state index in [0.717, 1.165) is 15.3 Å². The Hall–Kier alpha value is -0.260. The Kier molecular flexibility index (Phi) is 5.08. The zero-order valence-electron chi connectivity index (χ0n) is 8.81. The maximum atomic E-state index is 11.0. The molecule has 0 fully saturated rings. The Morgan fingerprint density at radius 1 is 1.31 bits per heavy atom. The number of carbonyl (C=O) groups is 1. The minimum absolute atomic E-state index is 0. The molecule has 0 saturated heterocycles. The summed E-state index contributed by atoms with van der Waals surface area (Å²) in [4.78, 5) is 13.0. The van der Waals surface area contributed by atoms with Gasteiger partial charge in [-0.1, -0.05) is 6.07 Å². The first-order valence-corrected chi connectivity index (χ1v) is 5.68. The molecule has 1 heterocycles. The summed E-state index contributed by atoms with van der Waals surface area (Å²) in [5.74, 6) is -0.416. The van der Waals surface area contributed by atoms with Crippen LogP contribution < -0.4 is 5.73 Å². The minimum Gasteiger partial charge on any atom is -0.366 e. The van der Waals surface area contributed by atoms with E-state index in [1.165, 1.54) is 0 Å². The van der Waals surface area contributed by atoms with Gasteiger partial charge in [-0.25, -0.2) is 0 Å². The monoisotopic (exact) mass is 258 g/mol. The molecule has 0 aliphatic rings. The van der Waals surface area contributed by atoms with Crippen molar-refractivity contribution in [3.8, 4) is 10.4 Å². The first kappa shape index (κ1) is 13.8. The summed E-state index contributed by atoms with van der Waals surface area (Å²) < 4.78 is 0. The van der Waals surface area contributed by atoms with Gasteiger partial charge in [-0.15, -0.1) is 24.0 Å². The molecular formula is C11H9NNaOS2. The van der Waals surface area contributed by atoms with E-state index in [-0.39, 0.29) is 29.6 Å². The summed E-state index contributed by atoms with van der Waals surface area (Å²) in [5, 5.41) is 1.99. The Morgan fingerprint density at radius 3 is 2.62 bits per heavy atom. The molecule has 0 atom stereocenters. The van der Waals surface area contributed by atoms with Crippen molar-refractivity contribution < 1.29 is 4.79 Å². The van der Waals surface area contributed by atoms with Gasteiger partial charge in [0.25, 0.3) is 0 Å². The summed E-state index contributed by atoms with van der Waals surface area (Å²) in [6.07, 6.45) is 0. The van der Waals surface area contributed by atoms with Crippen molar-refractivity contribution in [1.29, 1.82) is 0 Å². The summed E-state index contributed by atoms with van der Waals surface area (Å²) in [6, 6.07) is 9.20. The molecule has 2 rings (SSSR count). The van der Waals surface area contributed by atoms with Crippen LogP contribution in [0.5, 0.6) is 0 Å². The van der Waals surface area contributed by atoms with Gasteiger partial charge < -0.3 is 5.73 Å². The van der Waals surface area contributed by atoms with Crippen LogP contribution in [0.2, 0.25) is 0 Å². The molecule has 2 N–H and O–H groups in total. The largest absolute Gasteiger partial charge is 0.366 e. The molecule has 0 unspecified atom stereocenters. The summed E-state index contributed by atoms with van der Waals surface area (Å²) >= 11 is 5.96. The van der Waals surface area contributed by atoms with Crippen LogP contribution in [0.4, 0.5) is 0 Å². The van der Waals surface area contributed by atoms with Crippen molar-refractivity contribution in [1.82, 2.24) is 0 Å². The van der Waals surface area contributed by atoms with Gasteiger partial charge in [0.15, 0.2) is 0 Å². The van der Waals surface area contributed by atoms with E-state index in [2.05, 4.69) is 12.6 Å². The maximum absolute atomic E-state index is 11.0. The SMILES string of the molecule is NC(=O)c1ccc(S)c(-c2cccs2)c1.[Na]. The number of amides is 1. The number of primary amides is 1. The van der Waals surface area contributed by atoms with Gasteiger partial charge in [0.2, 0.25) is 5.91 Å². The molecule has 5 heteroatoms. The molecule has 0 aliphatic heterocycles. The number of hydrogen-bond donors (Lipinski definition) is 2. The summed E-state index contributed by atoms with van der Waals surface area (Å²) in [7, 11) is 0. The Labute approximate surface area is 126 Å². The molecule has 77 valence electrons. The third-order valence-electron chi connectivity index (χ3n) is 2.07. The second kappa shape index (κ2) is 5.89. The van der Waals surface area contributed by atoms with Crippen LogP contribution in [0.25, 0.3) is 10.4 Å². The molecule has 0 bridgehead atoms. The Morgan fingerprint density at radius 2 is 2.06 bits per heavy atom. The molecule has 2 nitrogen and oxygen atoms in total. The van der Waals surface area contributed by atoms with E-state index < -0.39 is 5.91 Å². The van der Waals surface area contributed by atoms with Gasteiger partial charge in [0.05, 0.1) is 0 Å².